The Morgan fingerprint density at radius 3 is 2.96 bits per heavy atom. The van der Waals surface area contributed by atoms with Crippen LogP contribution >= 0.6 is 0 Å². The van der Waals surface area contributed by atoms with Gasteiger partial charge in [0.1, 0.15) is 5.76 Å². The first-order valence-electron chi connectivity index (χ1n) is 7.92. The van der Waals surface area contributed by atoms with Crippen LogP contribution in [0.25, 0.3) is 0 Å². The average molecular weight is 309 g/mol. The van der Waals surface area contributed by atoms with Crippen LogP contribution < -0.4 is 4.90 Å². The molecule has 0 N–H and O–H groups in total. The number of rotatable bonds is 4. The Kier molecular flexibility index (Phi) is 4.42. The smallest absolute Gasteiger partial charge is 0.280 e. The number of hydrogen-bond acceptors (Lipinski definition) is 4. The number of carbonyl (C=O) groups is 1. The second kappa shape index (κ2) is 6.66. The number of amides is 1. The van der Waals surface area contributed by atoms with Gasteiger partial charge in [-0.2, -0.15) is 5.26 Å². The molecule has 0 fully saturated rings. The van der Waals surface area contributed by atoms with Crippen molar-refractivity contribution in [3.8, 4) is 6.07 Å². The first kappa shape index (κ1) is 15.3. The topological polar surface area (TPSA) is 70.1 Å². The van der Waals surface area contributed by atoms with Gasteiger partial charge in [-0.3, -0.25) is 4.79 Å². The summed E-state index contributed by atoms with van der Waals surface area (Å²) < 4.78 is 5.38. The first-order chi connectivity index (χ1) is 11.2. The fourth-order valence-electron chi connectivity index (χ4n) is 2.99. The molecule has 0 spiro atoms. The predicted octanol–water partition coefficient (Wildman–Crippen LogP) is 3.36. The van der Waals surface area contributed by atoms with Crippen LogP contribution in [0.5, 0.6) is 0 Å². The second-order valence-corrected chi connectivity index (χ2v) is 5.98. The van der Waals surface area contributed by atoms with Crippen LogP contribution in [0.1, 0.15) is 41.6 Å². The van der Waals surface area contributed by atoms with E-state index in [2.05, 4.69) is 18.1 Å². The predicted molar refractivity (Wildman–Crippen MR) is 86.0 cm³/mol. The SMILES string of the molecule is C[C@H]1CCc2onc(C(=O)N(CCC#N)c3ccccc3)c2C1. The number of hydrogen-bond donors (Lipinski definition) is 0. The van der Waals surface area contributed by atoms with E-state index in [0.717, 1.165) is 36.3 Å². The summed E-state index contributed by atoms with van der Waals surface area (Å²) in [6, 6.07) is 11.5. The van der Waals surface area contributed by atoms with E-state index in [1.807, 2.05) is 30.3 Å². The van der Waals surface area contributed by atoms with E-state index in [0.29, 0.717) is 18.2 Å². The number of nitrogens with zero attached hydrogens (tertiary/aromatic N) is 3. The van der Waals surface area contributed by atoms with Gasteiger partial charge in [0.05, 0.1) is 12.5 Å². The Morgan fingerprint density at radius 2 is 2.22 bits per heavy atom. The lowest BCUT2D eigenvalue weighted by atomic mass is 9.88. The summed E-state index contributed by atoms with van der Waals surface area (Å²) in [5, 5.41) is 12.9. The zero-order chi connectivity index (χ0) is 16.2. The molecule has 1 aliphatic rings. The molecule has 1 atom stereocenters. The molecule has 0 saturated heterocycles. The molecule has 1 aromatic heterocycles. The van der Waals surface area contributed by atoms with Gasteiger partial charge in [0.15, 0.2) is 5.69 Å². The number of benzene rings is 1. The Hall–Kier alpha value is -2.61. The Bertz CT molecular complexity index is 730. The number of aryl methyl sites for hydroxylation is 1. The number of carbonyl (C=O) groups excluding carboxylic acids is 1. The van der Waals surface area contributed by atoms with Gasteiger partial charge in [0.2, 0.25) is 0 Å². The fraction of sp³-hybridized carbons (Fsp3) is 0.389. The summed E-state index contributed by atoms with van der Waals surface area (Å²) in [6.45, 7) is 2.52. The van der Waals surface area contributed by atoms with Crippen LogP contribution in [-0.2, 0) is 12.8 Å². The van der Waals surface area contributed by atoms with Crippen molar-refractivity contribution in [1.82, 2.24) is 5.16 Å². The van der Waals surface area contributed by atoms with E-state index >= 15 is 0 Å². The van der Waals surface area contributed by atoms with E-state index in [1.54, 1.807) is 4.90 Å². The number of nitriles is 1. The van der Waals surface area contributed by atoms with Crippen molar-refractivity contribution >= 4 is 11.6 Å². The van der Waals surface area contributed by atoms with Gasteiger partial charge in [-0.25, -0.2) is 0 Å². The van der Waals surface area contributed by atoms with Crippen molar-refractivity contribution in [2.45, 2.75) is 32.6 Å². The molecule has 1 heterocycles. The van der Waals surface area contributed by atoms with Crippen LogP contribution in [0, 0.1) is 17.2 Å². The molecule has 1 aliphatic carbocycles. The summed E-state index contributed by atoms with van der Waals surface area (Å²) >= 11 is 0. The van der Waals surface area contributed by atoms with Crippen molar-refractivity contribution in [1.29, 1.82) is 5.26 Å². The van der Waals surface area contributed by atoms with Crippen LogP contribution in [0.3, 0.4) is 0 Å². The molecule has 3 rings (SSSR count). The largest absolute Gasteiger partial charge is 0.360 e. The summed E-state index contributed by atoms with van der Waals surface area (Å²) in [5.41, 5.74) is 2.10. The van der Waals surface area contributed by atoms with Crippen LogP contribution in [0.2, 0.25) is 0 Å². The molecule has 0 bridgehead atoms. The summed E-state index contributed by atoms with van der Waals surface area (Å²) in [7, 11) is 0. The number of anilines is 1. The monoisotopic (exact) mass is 309 g/mol. The highest BCUT2D eigenvalue weighted by atomic mass is 16.5. The van der Waals surface area contributed by atoms with Gasteiger partial charge < -0.3 is 9.42 Å². The summed E-state index contributed by atoms with van der Waals surface area (Å²) in [4.78, 5) is 14.6. The minimum Gasteiger partial charge on any atom is -0.360 e. The standard InChI is InChI=1S/C18H19N3O2/c1-13-8-9-16-15(12-13)17(20-23-16)18(22)21(11-5-10-19)14-6-3-2-4-7-14/h2-4,6-7,13H,5,8-9,11-12H2,1H3/t13-/m0/s1. The van der Waals surface area contributed by atoms with Crippen molar-refractivity contribution in [3.05, 3.63) is 47.3 Å². The molecule has 1 amide bonds. The molecule has 5 heteroatoms. The van der Waals surface area contributed by atoms with Gasteiger partial charge in [0.25, 0.3) is 5.91 Å². The molecule has 0 aliphatic heterocycles. The van der Waals surface area contributed by atoms with Crippen LogP contribution in [-0.4, -0.2) is 17.6 Å². The van der Waals surface area contributed by atoms with Gasteiger partial charge in [-0.05, 0) is 30.9 Å². The van der Waals surface area contributed by atoms with Crippen molar-refractivity contribution < 1.29 is 9.32 Å². The lowest BCUT2D eigenvalue weighted by Crippen LogP contribution is -2.33. The van der Waals surface area contributed by atoms with Crippen molar-refractivity contribution in [2.75, 3.05) is 11.4 Å². The van der Waals surface area contributed by atoms with Gasteiger partial charge >= 0.3 is 0 Å². The zero-order valence-corrected chi connectivity index (χ0v) is 13.2. The van der Waals surface area contributed by atoms with Gasteiger partial charge in [-0.15, -0.1) is 0 Å². The molecule has 118 valence electrons. The molecule has 5 nitrogen and oxygen atoms in total. The summed E-state index contributed by atoms with van der Waals surface area (Å²) in [6.07, 6.45) is 2.99. The maximum atomic E-state index is 13.0. The van der Waals surface area contributed by atoms with Gasteiger partial charge in [0, 0.05) is 24.2 Å². The van der Waals surface area contributed by atoms with E-state index in [-0.39, 0.29) is 12.3 Å². The van der Waals surface area contributed by atoms with Crippen molar-refractivity contribution in [3.63, 3.8) is 0 Å². The van der Waals surface area contributed by atoms with Crippen molar-refractivity contribution in [2.24, 2.45) is 5.92 Å². The molecular weight excluding hydrogens is 290 g/mol. The quantitative estimate of drug-likeness (QED) is 0.868. The average Bonchev–Trinajstić information content (AvgIpc) is 2.99. The molecule has 1 aromatic carbocycles. The Morgan fingerprint density at radius 1 is 1.43 bits per heavy atom. The molecule has 0 radical (unpaired) electrons. The highest BCUT2D eigenvalue weighted by molar-refractivity contribution is 6.05. The first-order valence-corrected chi connectivity index (χ1v) is 7.92. The van der Waals surface area contributed by atoms with Crippen LogP contribution in [0.15, 0.2) is 34.9 Å². The molecular formula is C18H19N3O2. The molecule has 2 aromatic rings. The Labute approximate surface area is 135 Å². The molecule has 0 saturated carbocycles. The van der Waals surface area contributed by atoms with E-state index in [1.165, 1.54) is 0 Å². The minimum atomic E-state index is -0.189. The Balaban J connectivity index is 1.93. The lowest BCUT2D eigenvalue weighted by molar-refractivity contribution is 0.0978. The highest BCUT2D eigenvalue weighted by Gasteiger charge is 2.29. The second-order valence-electron chi connectivity index (χ2n) is 5.98. The van der Waals surface area contributed by atoms with E-state index < -0.39 is 0 Å². The van der Waals surface area contributed by atoms with E-state index in [4.69, 9.17) is 9.78 Å². The van der Waals surface area contributed by atoms with Gasteiger partial charge in [-0.1, -0.05) is 30.3 Å². The maximum Gasteiger partial charge on any atom is 0.280 e. The molecule has 0 unspecified atom stereocenters. The molecule has 23 heavy (non-hydrogen) atoms. The third-order valence-corrected chi connectivity index (χ3v) is 4.25. The normalized spacial score (nSPS) is 16.4. The third-order valence-electron chi connectivity index (χ3n) is 4.25. The maximum absolute atomic E-state index is 13.0. The minimum absolute atomic E-state index is 0.189. The number of fused-ring (bicyclic) bond motifs is 1. The summed E-state index contributed by atoms with van der Waals surface area (Å²) in [5.74, 6) is 1.17. The van der Waals surface area contributed by atoms with Crippen LogP contribution in [0.4, 0.5) is 5.69 Å². The fourth-order valence-corrected chi connectivity index (χ4v) is 2.99. The highest BCUT2D eigenvalue weighted by Crippen LogP contribution is 2.29. The number of para-hydroxylation sites is 1. The third kappa shape index (κ3) is 3.11. The number of aromatic nitrogens is 1. The van der Waals surface area contributed by atoms with E-state index in [9.17, 15) is 4.79 Å². The lowest BCUT2D eigenvalue weighted by Gasteiger charge is -2.22. The zero-order valence-electron chi connectivity index (χ0n) is 13.2.